The van der Waals surface area contributed by atoms with Crippen LogP contribution in [0.1, 0.15) is 11.1 Å². The fourth-order valence-corrected chi connectivity index (χ4v) is 2.33. The van der Waals surface area contributed by atoms with E-state index in [2.05, 4.69) is 59.8 Å². The molecule has 0 saturated carbocycles. The first kappa shape index (κ1) is 11.5. The molecule has 0 aliphatic carbocycles. The third-order valence-electron chi connectivity index (χ3n) is 2.26. The highest BCUT2D eigenvalue weighted by Crippen LogP contribution is 2.19. The van der Waals surface area contributed by atoms with Gasteiger partial charge in [0.05, 0.1) is 0 Å². The number of benzene rings is 2. The SMILES string of the molecule is Cc1cc(I)cc(OCc2ccccc2)c1. The van der Waals surface area contributed by atoms with Gasteiger partial charge in [0, 0.05) is 3.57 Å². The smallest absolute Gasteiger partial charge is 0.121 e. The summed E-state index contributed by atoms with van der Waals surface area (Å²) in [4.78, 5) is 0. The van der Waals surface area contributed by atoms with Gasteiger partial charge in [-0.05, 0) is 58.8 Å². The molecular formula is C14H13IO. The van der Waals surface area contributed by atoms with Crippen molar-refractivity contribution in [2.24, 2.45) is 0 Å². The molecule has 0 radical (unpaired) electrons. The van der Waals surface area contributed by atoms with E-state index in [1.165, 1.54) is 14.7 Å². The molecule has 0 amide bonds. The van der Waals surface area contributed by atoms with E-state index in [-0.39, 0.29) is 0 Å². The maximum atomic E-state index is 5.75. The lowest BCUT2D eigenvalue weighted by molar-refractivity contribution is 0.306. The Morgan fingerprint density at radius 2 is 1.81 bits per heavy atom. The van der Waals surface area contributed by atoms with Gasteiger partial charge in [0.2, 0.25) is 0 Å². The molecule has 0 aliphatic heterocycles. The van der Waals surface area contributed by atoms with E-state index >= 15 is 0 Å². The Kier molecular flexibility index (Phi) is 3.83. The van der Waals surface area contributed by atoms with Crippen LogP contribution in [0.4, 0.5) is 0 Å². The molecule has 0 aromatic heterocycles. The Labute approximate surface area is 110 Å². The molecule has 0 heterocycles. The third kappa shape index (κ3) is 3.23. The number of hydrogen-bond donors (Lipinski definition) is 0. The zero-order chi connectivity index (χ0) is 11.4. The normalized spacial score (nSPS) is 10.1. The zero-order valence-electron chi connectivity index (χ0n) is 9.11. The number of ether oxygens (including phenoxy) is 1. The Morgan fingerprint density at radius 1 is 1.06 bits per heavy atom. The summed E-state index contributed by atoms with van der Waals surface area (Å²) in [6, 6.07) is 16.5. The lowest BCUT2D eigenvalue weighted by Gasteiger charge is -2.07. The van der Waals surface area contributed by atoms with Crippen molar-refractivity contribution in [3.63, 3.8) is 0 Å². The molecule has 0 bridgehead atoms. The summed E-state index contributed by atoms with van der Waals surface area (Å²) in [6.07, 6.45) is 0. The monoisotopic (exact) mass is 324 g/mol. The van der Waals surface area contributed by atoms with E-state index < -0.39 is 0 Å². The molecule has 0 unspecified atom stereocenters. The quantitative estimate of drug-likeness (QED) is 0.770. The Balaban J connectivity index is 2.05. The van der Waals surface area contributed by atoms with Gasteiger partial charge in [-0.1, -0.05) is 30.3 Å². The van der Waals surface area contributed by atoms with Gasteiger partial charge in [0.1, 0.15) is 12.4 Å². The molecule has 2 heteroatoms. The first-order valence-corrected chi connectivity index (χ1v) is 6.26. The predicted octanol–water partition coefficient (Wildman–Crippen LogP) is 4.18. The van der Waals surface area contributed by atoms with Crippen LogP contribution in [0, 0.1) is 10.5 Å². The van der Waals surface area contributed by atoms with Crippen molar-refractivity contribution in [2.45, 2.75) is 13.5 Å². The molecule has 0 aliphatic rings. The first-order valence-electron chi connectivity index (χ1n) is 5.18. The molecule has 0 N–H and O–H groups in total. The van der Waals surface area contributed by atoms with Crippen LogP contribution >= 0.6 is 22.6 Å². The van der Waals surface area contributed by atoms with E-state index in [9.17, 15) is 0 Å². The van der Waals surface area contributed by atoms with Crippen LogP contribution < -0.4 is 4.74 Å². The van der Waals surface area contributed by atoms with E-state index in [0.717, 1.165) is 5.75 Å². The minimum atomic E-state index is 0.625. The van der Waals surface area contributed by atoms with Crippen LogP contribution in [-0.2, 0) is 6.61 Å². The average Bonchev–Trinajstić information content (AvgIpc) is 2.27. The van der Waals surface area contributed by atoms with Crippen LogP contribution in [0.15, 0.2) is 48.5 Å². The average molecular weight is 324 g/mol. The summed E-state index contributed by atoms with van der Waals surface area (Å²) in [5.41, 5.74) is 2.42. The van der Waals surface area contributed by atoms with Crippen molar-refractivity contribution in [3.8, 4) is 5.75 Å². The lowest BCUT2D eigenvalue weighted by Crippen LogP contribution is -1.95. The molecule has 1 nitrogen and oxygen atoms in total. The molecule has 2 aromatic carbocycles. The van der Waals surface area contributed by atoms with E-state index in [4.69, 9.17) is 4.74 Å². The standard InChI is InChI=1S/C14H13IO/c1-11-7-13(15)9-14(8-11)16-10-12-5-3-2-4-6-12/h2-9H,10H2,1H3. The number of hydrogen-bond acceptors (Lipinski definition) is 1. The summed E-state index contributed by atoms with van der Waals surface area (Å²) in [5, 5.41) is 0. The zero-order valence-corrected chi connectivity index (χ0v) is 11.3. The molecule has 0 atom stereocenters. The highest BCUT2D eigenvalue weighted by Gasteiger charge is 1.98. The molecule has 16 heavy (non-hydrogen) atoms. The largest absolute Gasteiger partial charge is 0.489 e. The van der Waals surface area contributed by atoms with Gasteiger partial charge in [-0.2, -0.15) is 0 Å². The number of aryl methyl sites for hydroxylation is 1. The summed E-state index contributed by atoms with van der Waals surface area (Å²) in [7, 11) is 0. The fourth-order valence-electron chi connectivity index (χ4n) is 1.53. The molecule has 2 aromatic rings. The van der Waals surface area contributed by atoms with E-state index in [1.807, 2.05) is 18.2 Å². The number of rotatable bonds is 3. The molecule has 0 spiro atoms. The Hall–Kier alpha value is -1.03. The van der Waals surface area contributed by atoms with Crippen molar-refractivity contribution >= 4 is 22.6 Å². The van der Waals surface area contributed by atoms with Crippen LogP contribution in [-0.4, -0.2) is 0 Å². The molecule has 2 rings (SSSR count). The summed E-state index contributed by atoms with van der Waals surface area (Å²) < 4.78 is 6.96. The van der Waals surface area contributed by atoms with Crippen LogP contribution in [0.3, 0.4) is 0 Å². The molecule has 82 valence electrons. The topological polar surface area (TPSA) is 9.23 Å². The van der Waals surface area contributed by atoms with Crippen LogP contribution in [0.25, 0.3) is 0 Å². The lowest BCUT2D eigenvalue weighted by atomic mass is 10.2. The van der Waals surface area contributed by atoms with E-state index in [1.54, 1.807) is 0 Å². The first-order chi connectivity index (χ1) is 7.74. The van der Waals surface area contributed by atoms with Gasteiger partial charge in [0.15, 0.2) is 0 Å². The van der Waals surface area contributed by atoms with Crippen molar-refractivity contribution in [1.82, 2.24) is 0 Å². The second-order valence-electron chi connectivity index (χ2n) is 3.74. The summed E-state index contributed by atoms with van der Waals surface area (Å²) >= 11 is 2.31. The van der Waals surface area contributed by atoms with Gasteiger partial charge >= 0.3 is 0 Å². The fraction of sp³-hybridized carbons (Fsp3) is 0.143. The van der Waals surface area contributed by atoms with Crippen LogP contribution in [0.5, 0.6) is 5.75 Å². The van der Waals surface area contributed by atoms with Crippen molar-refractivity contribution in [3.05, 3.63) is 63.2 Å². The minimum absolute atomic E-state index is 0.625. The maximum Gasteiger partial charge on any atom is 0.121 e. The summed E-state index contributed by atoms with van der Waals surface area (Å²) in [6.45, 7) is 2.71. The van der Waals surface area contributed by atoms with Gasteiger partial charge < -0.3 is 4.74 Å². The third-order valence-corrected chi connectivity index (χ3v) is 2.89. The second kappa shape index (κ2) is 5.34. The predicted molar refractivity (Wildman–Crippen MR) is 74.7 cm³/mol. The van der Waals surface area contributed by atoms with Crippen molar-refractivity contribution in [1.29, 1.82) is 0 Å². The van der Waals surface area contributed by atoms with Crippen molar-refractivity contribution < 1.29 is 4.74 Å². The molecular weight excluding hydrogens is 311 g/mol. The van der Waals surface area contributed by atoms with Crippen molar-refractivity contribution in [2.75, 3.05) is 0 Å². The van der Waals surface area contributed by atoms with Gasteiger partial charge in [0.25, 0.3) is 0 Å². The van der Waals surface area contributed by atoms with Crippen LogP contribution in [0.2, 0.25) is 0 Å². The van der Waals surface area contributed by atoms with E-state index in [0.29, 0.717) is 6.61 Å². The highest BCUT2D eigenvalue weighted by atomic mass is 127. The Morgan fingerprint density at radius 3 is 2.50 bits per heavy atom. The number of halogens is 1. The highest BCUT2D eigenvalue weighted by molar-refractivity contribution is 14.1. The minimum Gasteiger partial charge on any atom is -0.489 e. The Bertz CT molecular complexity index is 445. The molecule has 0 fully saturated rings. The maximum absolute atomic E-state index is 5.75. The van der Waals surface area contributed by atoms with Gasteiger partial charge in [-0.25, -0.2) is 0 Å². The second-order valence-corrected chi connectivity index (χ2v) is 4.98. The molecule has 0 saturated heterocycles. The summed E-state index contributed by atoms with van der Waals surface area (Å²) in [5.74, 6) is 0.938. The van der Waals surface area contributed by atoms with Gasteiger partial charge in [-0.3, -0.25) is 0 Å². The van der Waals surface area contributed by atoms with Gasteiger partial charge in [-0.15, -0.1) is 0 Å².